The zero-order valence-electron chi connectivity index (χ0n) is 23.9. The van der Waals surface area contributed by atoms with E-state index >= 15 is 0 Å². The van der Waals surface area contributed by atoms with Gasteiger partial charge >= 0.3 is 6.09 Å². The number of ether oxygens (including phenoxy) is 1. The monoisotopic (exact) mass is 499 g/mol. The Kier molecular flexibility index (Phi) is 8.64. The Balaban J connectivity index is 1.44. The fourth-order valence-electron chi connectivity index (χ4n) is 9.27. The third kappa shape index (κ3) is 5.18. The van der Waals surface area contributed by atoms with Crippen LogP contribution in [0.2, 0.25) is 0 Å². The number of amides is 1. The Bertz CT molecular complexity index is 833. The minimum Gasteiger partial charge on any atom is -0.446 e. The lowest BCUT2D eigenvalue weighted by molar-refractivity contribution is -0.0550. The molecule has 4 heteroatoms. The number of alkyl carbamates (subject to hydrolysis) is 1. The summed E-state index contributed by atoms with van der Waals surface area (Å²) in [5, 5.41) is 11.6. The summed E-state index contributed by atoms with van der Waals surface area (Å²) < 4.78 is 5.70. The van der Waals surface area contributed by atoms with Crippen molar-refractivity contribution in [2.75, 3.05) is 13.2 Å². The average Bonchev–Trinajstić information content (AvgIpc) is 3.20. The lowest BCUT2D eigenvalue weighted by Crippen LogP contribution is -2.51. The van der Waals surface area contributed by atoms with E-state index in [0.29, 0.717) is 17.3 Å². The molecular weight excluding hydrogens is 446 g/mol. The molecule has 0 spiro atoms. The Hall–Kier alpha value is -1.29. The second kappa shape index (κ2) is 11.2. The number of rotatable bonds is 8. The number of carbonyl (C=O) groups excluding carboxylic acids is 1. The van der Waals surface area contributed by atoms with E-state index in [1.165, 1.54) is 38.5 Å². The highest BCUT2D eigenvalue weighted by molar-refractivity contribution is 5.67. The Morgan fingerprint density at radius 2 is 1.92 bits per heavy atom. The zero-order chi connectivity index (χ0) is 26.1. The molecule has 1 amide bonds. The number of nitrogens with one attached hydrogen (secondary N) is 1. The van der Waals surface area contributed by atoms with Crippen LogP contribution < -0.4 is 5.32 Å². The highest BCUT2D eigenvalue weighted by atomic mass is 16.6. The van der Waals surface area contributed by atoms with Gasteiger partial charge in [-0.2, -0.15) is 0 Å². The second-order valence-electron chi connectivity index (χ2n) is 13.5. The zero-order valence-corrected chi connectivity index (χ0v) is 23.9. The van der Waals surface area contributed by atoms with Gasteiger partial charge in [-0.15, -0.1) is 0 Å². The molecular formula is C32H53NO3. The number of hydrogen-bond donors (Lipinski definition) is 2. The van der Waals surface area contributed by atoms with Gasteiger partial charge in [0.15, 0.2) is 0 Å². The largest absolute Gasteiger partial charge is 0.446 e. The van der Waals surface area contributed by atoms with Crippen LogP contribution in [-0.4, -0.2) is 30.5 Å². The summed E-state index contributed by atoms with van der Waals surface area (Å²) in [6.45, 7) is 14.9. The summed E-state index contributed by atoms with van der Waals surface area (Å²) in [4.78, 5) is 12.0. The maximum absolute atomic E-state index is 12.0. The quantitative estimate of drug-likeness (QED) is 0.339. The SMILES string of the molecule is CC[C@H](/C=C/[C@@H](C)[C@H]1CC[C@H]2[C@@H]3CC=C4C[C@@H](OC(=O)NCCO)CC[C@]4(C)[C@H]3CC[C@]12C)C(C)C. The van der Waals surface area contributed by atoms with Crippen molar-refractivity contribution in [2.45, 2.75) is 105 Å². The normalized spacial score (nSPS) is 39.7. The number of aliphatic hydroxyl groups is 1. The topological polar surface area (TPSA) is 58.6 Å². The van der Waals surface area contributed by atoms with E-state index in [4.69, 9.17) is 9.84 Å². The van der Waals surface area contributed by atoms with Gasteiger partial charge in [-0.25, -0.2) is 4.79 Å². The van der Waals surface area contributed by atoms with Crippen molar-refractivity contribution < 1.29 is 14.6 Å². The molecule has 3 fully saturated rings. The maximum Gasteiger partial charge on any atom is 0.407 e. The Morgan fingerprint density at radius 3 is 2.61 bits per heavy atom. The molecule has 2 N–H and O–H groups in total. The van der Waals surface area contributed by atoms with E-state index in [1.807, 2.05) is 0 Å². The van der Waals surface area contributed by atoms with Crippen molar-refractivity contribution in [3.05, 3.63) is 23.8 Å². The third-order valence-electron chi connectivity index (χ3n) is 11.4. The number of carbonyl (C=O) groups is 1. The minimum atomic E-state index is -0.390. The minimum absolute atomic E-state index is 0.0327. The molecule has 36 heavy (non-hydrogen) atoms. The molecule has 9 atom stereocenters. The van der Waals surface area contributed by atoms with Gasteiger partial charge in [0.1, 0.15) is 6.10 Å². The van der Waals surface area contributed by atoms with E-state index in [-0.39, 0.29) is 30.8 Å². The molecule has 4 aliphatic rings. The summed E-state index contributed by atoms with van der Waals surface area (Å²) in [6, 6.07) is 0. The van der Waals surface area contributed by atoms with Gasteiger partial charge < -0.3 is 15.2 Å². The molecule has 4 nitrogen and oxygen atoms in total. The Morgan fingerprint density at radius 1 is 1.14 bits per heavy atom. The van der Waals surface area contributed by atoms with Crippen molar-refractivity contribution in [3.8, 4) is 0 Å². The maximum atomic E-state index is 12.0. The highest BCUT2D eigenvalue weighted by Crippen LogP contribution is 2.67. The van der Waals surface area contributed by atoms with Crippen LogP contribution in [0, 0.1) is 52.3 Å². The van der Waals surface area contributed by atoms with Gasteiger partial charge in [-0.1, -0.05) is 65.3 Å². The van der Waals surface area contributed by atoms with Crippen molar-refractivity contribution in [2.24, 2.45) is 52.3 Å². The number of aliphatic hydroxyl groups excluding tert-OH is 1. The van der Waals surface area contributed by atoms with Gasteiger partial charge in [0.05, 0.1) is 6.61 Å². The van der Waals surface area contributed by atoms with E-state index in [2.05, 4.69) is 65.1 Å². The molecule has 0 aromatic rings. The highest BCUT2D eigenvalue weighted by Gasteiger charge is 2.59. The number of fused-ring (bicyclic) bond motifs is 5. The molecule has 3 saturated carbocycles. The van der Waals surface area contributed by atoms with Crippen molar-refractivity contribution >= 4 is 6.09 Å². The van der Waals surface area contributed by atoms with Gasteiger partial charge in [-0.05, 0) is 104 Å². The first-order valence-corrected chi connectivity index (χ1v) is 15.1. The fourth-order valence-corrected chi connectivity index (χ4v) is 9.27. The summed E-state index contributed by atoms with van der Waals surface area (Å²) in [6.07, 6.45) is 18.2. The lowest BCUT2D eigenvalue weighted by atomic mass is 9.47. The summed E-state index contributed by atoms with van der Waals surface area (Å²) in [7, 11) is 0. The predicted octanol–water partition coefficient (Wildman–Crippen LogP) is 7.53. The second-order valence-corrected chi connectivity index (χ2v) is 13.5. The van der Waals surface area contributed by atoms with Crippen molar-refractivity contribution in [1.82, 2.24) is 5.32 Å². The van der Waals surface area contributed by atoms with E-state index in [1.54, 1.807) is 5.57 Å². The van der Waals surface area contributed by atoms with Crippen LogP contribution in [0.4, 0.5) is 4.79 Å². The van der Waals surface area contributed by atoms with Crippen LogP contribution in [0.1, 0.15) is 99.3 Å². The van der Waals surface area contributed by atoms with Gasteiger partial charge in [-0.3, -0.25) is 0 Å². The van der Waals surface area contributed by atoms with Crippen molar-refractivity contribution in [1.29, 1.82) is 0 Å². The molecule has 0 heterocycles. The van der Waals surface area contributed by atoms with Crippen LogP contribution in [0.5, 0.6) is 0 Å². The molecule has 204 valence electrons. The first-order valence-electron chi connectivity index (χ1n) is 15.1. The van der Waals surface area contributed by atoms with Gasteiger partial charge in [0.2, 0.25) is 0 Å². The Labute approximate surface area is 220 Å². The van der Waals surface area contributed by atoms with E-state index in [9.17, 15) is 4.79 Å². The third-order valence-corrected chi connectivity index (χ3v) is 11.4. The predicted molar refractivity (Wildman–Crippen MR) is 147 cm³/mol. The first kappa shape index (κ1) is 27.7. The summed E-state index contributed by atoms with van der Waals surface area (Å²) in [5.74, 6) is 5.33. The average molecular weight is 500 g/mol. The lowest BCUT2D eigenvalue weighted by Gasteiger charge is -2.58. The molecule has 0 aromatic carbocycles. The van der Waals surface area contributed by atoms with Crippen LogP contribution in [-0.2, 0) is 4.74 Å². The fraction of sp³-hybridized carbons (Fsp3) is 0.844. The summed E-state index contributed by atoms with van der Waals surface area (Å²) >= 11 is 0. The molecule has 4 aliphatic carbocycles. The van der Waals surface area contributed by atoms with Gasteiger partial charge in [0, 0.05) is 13.0 Å². The molecule has 0 aliphatic heterocycles. The van der Waals surface area contributed by atoms with Crippen LogP contribution in [0.15, 0.2) is 23.8 Å². The first-order chi connectivity index (χ1) is 17.1. The van der Waals surface area contributed by atoms with Crippen LogP contribution >= 0.6 is 0 Å². The number of hydrogen-bond acceptors (Lipinski definition) is 3. The molecule has 0 radical (unpaired) electrons. The molecule has 0 aromatic heterocycles. The molecule has 0 bridgehead atoms. The van der Waals surface area contributed by atoms with Gasteiger partial charge in [0.25, 0.3) is 0 Å². The number of allylic oxidation sites excluding steroid dienone is 3. The molecule has 4 rings (SSSR count). The molecule has 0 saturated heterocycles. The molecule has 0 unspecified atom stereocenters. The van der Waals surface area contributed by atoms with Crippen LogP contribution in [0.3, 0.4) is 0 Å². The van der Waals surface area contributed by atoms with Crippen molar-refractivity contribution in [3.63, 3.8) is 0 Å². The standard InChI is InChI=1S/C32H53NO3/c1-7-23(21(2)3)9-8-22(4)27-12-13-28-26-11-10-24-20-25(36-30(35)33-18-19-34)14-16-31(24,5)29(26)15-17-32(27,28)6/h8-10,21-23,25-29,34H,7,11-20H2,1-6H3,(H,33,35)/b9-8+/t22-,23-,25+,26+,27-,28+,29+,31+,32-/m1/s1. The smallest absolute Gasteiger partial charge is 0.407 e. The van der Waals surface area contributed by atoms with E-state index in [0.717, 1.165) is 48.9 Å². The summed E-state index contributed by atoms with van der Waals surface area (Å²) in [5.41, 5.74) is 2.28. The van der Waals surface area contributed by atoms with E-state index < -0.39 is 0 Å². The van der Waals surface area contributed by atoms with Crippen LogP contribution in [0.25, 0.3) is 0 Å².